The Bertz CT molecular complexity index is 946. The monoisotopic (exact) mass is 470 g/mol. The second kappa shape index (κ2) is 9.56. The van der Waals surface area contributed by atoms with Crippen LogP contribution in [0.25, 0.3) is 0 Å². The highest BCUT2D eigenvalue weighted by molar-refractivity contribution is 5.75. The molecular formula is C21H25F3N4O5. The summed E-state index contributed by atoms with van der Waals surface area (Å²) in [6, 6.07) is 5.47. The Labute approximate surface area is 188 Å². The van der Waals surface area contributed by atoms with E-state index in [0.29, 0.717) is 44.3 Å². The maximum atomic E-state index is 12.9. The Morgan fingerprint density at radius 2 is 1.82 bits per heavy atom. The van der Waals surface area contributed by atoms with E-state index in [9.17, 15) is 23.1 Å². The lowest BCUT2D eigenvalue weighted by Crippen LogP contribution is -2.59. The highest BCUT2D eigenvalue weighted by Gasteiger charge is 2.39. The summed E-state index contributed by atoms with van der Waals surface area (Å²) < 4.78 is 51.9. The molecule has 1 aromatic heterocycles. The number of methoxy groups -OCH3 is 1. The number of benzene rings is 1. The highest BCUT2D eigenvalue weighted by atomic mass is 19.4. The van der Waals surface area contributed by atoms with Crippen LogP contribution < -0.4 is 4.74 Å². The first kappa shape index (κ1) is 23.3. The van der Waals surface area contributed by atoms with Crippen molar-refractivity contribution in [3.05, 3.63) is 41.5 Å². The third-order valence-electron chi connectivity index (χ3n) is 5.80. The van der Waals surface area contributed by atoms with E-state index in [2.05, 4.69) is 14.9 Å². The van der Waals surface area contributed by atoms with Gasteiger partial charge in [-0.2, -0.15) is 4.98 Å². The second-order valence-corrected chi connectivity index (χ2v) is 8.28. The molecule has 4 rings (SSSR count). The molecule has 0 spiro atoms. The summed E-state index contributed by atoms with van der Waals surface area (Å²) in [7, 11) is 1.58. The molecule has 2 saturated heterocycles. The fourth-order valence-corrected chi connectivity index (χ4v) is 4.16. The van der Waals surface area contributed by atoms with Crippen LogP contribution in [0.2, 0.25) is 0 Å². The minimum absolute atomic E-state index is 0.159. The molecule has 2 unspecified atom stereocenters. The van der Waals surface area contributed by atoms with Crippen LogP contribution in [0.15, 0.2) is 28.8 Å². The average molecular weight is 470 g/mol. The van der Waals surface area contributed by atoms with Gasteiger partial charge in [0.25, 0.3) is 0 Å². The van der Waals surface area contributed by atoms with Gasteiger partial charge in [0.15, 0.2) is 5.82 Å². The SMILES string of the molecule is COCCc1noc(C2CC(c3ccc(OC(F)(F)F)cc3)CN(C(=O)N3CC(O)C3)C2)n1. The second-order valence-electron chi connectivity index (χ2n) is 8.28. The zero-order valence-electron chi connectivity index (χ0n) is 18.0. The van der Waals surface area contributed by atoms with Crippen molar-refractivity contribution in [2.24, 2.45) is 0 Å². The maximum absolute atomic E-state index is 12.9. The molecule has 33 heavy (non-hydrogen) atoms. The molecule has 12 heteroatoms. The van der Waals surface area contributed by atoms with E-state index in [4.69, 9.17) is 9.26 Å². The molecular weight excluding hydrogens is 445 g/mol. The quantitative estimate of drug-likeness (QED) is 0.692. The number of likely N-dealkylation sites (tertiary alicyclic amines) is 2. The summed E-state index contributed by atoms with van der Waals surface area (Å²) >= 11 is 0. The van der Waals surface area contributed by atoms with Crippen molar-refractivity contribution in [1.82, 2.24) is 19.9 Å². The largest absolute Gasteiger partial charge is 0.573 e. The van der Waals surface area contributed by atoms with Crippen LogP contribution in [0.1, 0.15) is 35.5 Å². The number of carbonyl (C=O) groups is 1. The lowest BCUT2D eigenvalue weighted by molar-refractivity contribution is -0.274. The van der Waals surface area contributed by atoms with Crippen LogP contribution in [0.5, 0.6) is 5.75 Å². The van der Waals surface area contributed by atoms with Gasteiger partial charge in [-0.3, -0.25) is 0 Å². The Balaban J connectivity index is 1.52. The fourth-order valence-electron chi connectivity index (χ4n) is 4.16. The number of β-amino-alcohol motifs (C(OH)–C–C–N with tert-alkyl or cyclic N) is 1. The van der Waals surface area contributed by atoms with Crippen molar-refractivity contribution in [1.29, 1.82) is 0 Å². The molecule has 2 aliphatic rings. The molecule has 0 aliphatic carbocycles. The summed E-state index contributed by atoms with van der Waals surface area (Å²) in [5.74, 6) is 0.207. The van der Waals surface area contributed by atoms with Crippen molar-refractivity contribution >= 4 is 6.03 Å². The van der Waals surface area contributed by atoms with Crippen LogP contribution in [0.3, 0.4) is 0 Å². The van der Waals surface area contributed by atoms with E-state index in [1.807, 2.05) is 0 Å². The molecule has 0 bridgehead atoms. The standard InChI is InChI=1S/C21H25F3N4O5/c1-31-7-6-18-25-19(33-26-18)15-8-14(9-27(10-15)20(30)28-11-16(29)12-28)13-2-4-17(5-3-13)32-21(22,23)24/h2-5,14-16,29H,6-12H2,1H3. The number of rotatable bonds is 6. The zero-order chi connectivity index (χ0) is 23.6. The Morgan fingerprint density at radius 3 is 2.45 bits per heavy atom. The number of aliphatic hydroxyl groups excluding tert-OH is 1. The van der Waals surface area contributed by atoms with E-state index in [0.717, 1.165) is 5.56 Å². The van der Waals surface area contributed by atoms with E-state index in [-0.39, 0.29) is 36.7 Å². The summed E-state index contributed by atoms with van der Waals surface area (Å²) in [5.41, 5.74) is 0.773. The summed E-state index contributed by atoms with van der Waals surface area (Å²) in [6.07, 6.45) is -4.21. The van der Waals surface area contributed by atoms with Crippen LogP contribution >= 0.6 is 0 Å². The molecule has 2 fully saturated rings. The lowest BCUT2D eigenvalue weighted by atomic mass is 9.84. The molecule has 3 heterocycles. The summed E-state index contributed by atoms with van der Waals surface area (Å²) in [4.78, 5) is 20.6. The van der Waals surface area contributed by atoms with Gasteiger partial charge in [-0.15, -0.1) is 13.2 Å². The van der Waals surface area contributed by atoms with Crippen LogP contribution in [-0.4, -0.2) is 83.4 Å². The minimum Gasteiger partial charge on any atom is -0.406 e. The van der Waals surface area contributed by atoms with Gasteiger partial charge < -0.3 is 28.9 Å². The first-order chi connectivity index (χ1) is 15.7. The highest BCUT2D eigenvalue weighted by Crippen LogP contribution is 2.37. The van der Waals surface area contributed by atoms with Crippen molar-refractivity contribution in [2.75, 3.05) is 39.9 Å². The van der Waals surface area contributed by atoms with Gasteiger partial charge in [0.05, 0.1) is 31.7 Å². The summed E-state index contributed by atoms with van der Waals surface area (Å²) in [5, 5.41) is 13.5. The van der Waals surface area contributed by atoms with Gasteiger partial charge in [0.2, 0.25) is 5.89 Å². The van der Waals surface area contributed by atoms with Crippen molar-refractivity contribution in [3.63, 3.8) is 0 Å². The number of aromatic nitrogens is 2. The van der Waals surface area contributed by atoms with Crippen LogP contribution in [-0.2, 0) is 11.2 Å². The van der Waals surface area contributed by atoms with Crippen LogP contribution in [0, 0.1) is 0 Å². The molecule has 0 saturated carbocycles. The van der Waals surface area contributed by atoms with Gasteiger partial charge >= 0.3 is 12.4 Å². The molecule has 1 N–H and O–H groups in total. The third-order valence-corrected chi connectivity index (χ3v) is 5.80. The summed E-state index contributed by atoms with van der Waals surface area (Å²) in [6.45, 7) is 1.74. The molecule has 2 aromatic rings. The first-order valence-corrected chi connectivity index (χ1v) is 10.6. The van der Waals surface area contributed by atoms with Gasteiger partial charge in [-0.25, -0.2) is 4.79 Å². The number of halogens is 3. The van der Waals surface area contributed by atoms with Gasteiger partial charge in [0.1, 0.15) is 5.75 Å². The maximum Gasteiger partial charge on any atom is 0.573 e. The predicted molar refractivity (Wildman–Crippen MR) is 108 cm³/mol. The molecule has 0 radical (unpaired) electrons. The normalized spacial score (nSPS) is 21.7. The molecule has 9 nitrogen and oxygen atoms in total. The fraction of sp³-hybridized carbons (Fsp3) is 0.571. The predicted octanol–water partition coefficient (Wildman–Crippen LogP) is 2.53. The van der Waals surface area contributed by atoms with E-state index in [1.165, 1.54) is 12.1 Å². The van der Waals surface area contributed by atoms with Gasteiger partial charge in [-0.1, -0.05) is 17.3 Å². The number of urea groups is 1. The Morgan fingerprint density at radius 1 is 1.15 bits per heavy atom. The number of amides is 2. The number of hydrogen-bond donors (Lipinski definition) is 1. The van der Waals surface area contributed by atoms with Gasteiger partial charge in [0, 0.05) is 32.5 Å². The molecule has 180 valence electrons. The Kier molecular flexibility index (Phi) is 6.75. The molecule has 2 atom stereocenters. The smallest absolute Gasteiger partial charge is 0.406 e. The van der Waals surface area contributed by atoms with Crippen molar-refractivity contribution in [3.8, 4) is 5.75 Å². The van der Waals surface area contributed by atoms with Crippen molar-refractivity contribution in [2.45, 2.75) is 37.1 Å². The first-order valence-electron chi connectivity index (χ1n) is 10.6. The number of alkyl halides is 3. The number of carbonyl (C=O) groups excluding carboxylic acids is 1. The van der Waals surface area contributed by atoms with Gasteiger partial charge in [-0.05, 0) is 24.1 Å². The number of hydrogen-bond acceptors (Lipinski definition) is 7. The van der Waals surface area contributed by atoms with Crippen molar-refractivity contribution < 1.29 is 37.1 Å². The molecule has 2 amide bonds. The van der Waals surface area contributed by atoms with E-state index in [1.54, 1.807) is 29.0 Å². The number of aliphatic hydroxyl groups is 1. The Hall–Kier alpha value is -2.86. The minimum atomic E-state index is -4.76. The molecule has 2 aliphatic heterocycles. The van der Waals surface area contributed by atoms with E-state index >= 15 is 0 Å². The number of piperidine rings is 1. The number of nitrogens with zero attached hydrogens (tertiary/aromatic N) is 4. The lowest BCUT2D eigenvalue weighted by Gasteiger charge is -2.43. The average Bonchev–Trinajstić information content (AvgIpc) is 3.23. The van der Waals surface area contributed by atoms with E-state index < -0.39 is 12.5 Å². The topological polar surface area (TPSA) is 101 Å². The van der Waals surface area contributed by atoms with Crippen LogP contribution in [0.4, 0.5) is 18.0 Å². The third kappa shape index (κ3) is 5.74. The number of ether oxygens (including phenoxy) is 2. The zero-order valence-corrected chi connectivity index (χ0v) is 18.0. The molecule has 1 aromatic carbocycles.